The van der Waals surface area contributed by atoms with E-state index in [0.29, 0.717) is 34.9 Å². The first kappa shape index (κ1) is 23.9. The van der Waals surface area contributed by atoms with Crippen molar-refractivity contribution in [2.75, 3.05) is 36.5 Å². The summed E-state index contributed by atoms with van der Waals surface area (Å²) in [4.78, 5) is 4.19. The molecule has 1 fully saturated rings. The van der Waals surface area contributed by atoms with Crippen LogP contribution in [0.15, 0.2) is 97.4 Å². The summed E-state index contributed by atoms with van der Waals surface area (Å²) in [6.07, 6.45) is 2.91. The highest BCUT2D eigenvalue weighted by molar-refractivity contribution is 5.92. The van der Waals surface area contributed by atoms with Crippen LogP contribution in [0, 0.1) is 11.7 Å². The highest BCUT2D eigenvalue weighted by Crippen LogP contribution is 2.42. The van der Waals surface area contributed by atoms with E-state index in [-0.39, 0.29) is 11.6 Å². The Morgan fingerprint density at radius 3 is 2.47 bits per heavy atom. The van der Waals surface area contributed by atoms with Crippen LogP contribution >= 0.6 is 0 Å². The highest BCUT2D eigenvalue weighted by atomic mass is 19.1. The molecule has 2 aliphatic heterocycles. The summed E-state index contributed by atoms with van der Waals surface area (Å²) in [5, 5.41) is 13.5. The third kappa shape index (κ3) is 4.67. The van der Waals surface area contributed by atoms with Crippen molar-refractivity contribution in [1.29, 1.82) is 0 Å². The Kier molecular flexibility index (Phi) is 6.66. The quantitative estimate of drug-likeness (QED) is 0.377. The molecule has 4 nitrogen and oxygen atoms in total. The monoisotopic (exact) mass is 481 g/mol. The zero-order chi connectivity index (χ0) is 25.2. The van der Waals surface area contributed by atoms with Crippen LogP contribution in [0.25, 0.3) is 16.7 Å². The Labute approximate surface area is 212 Å². The van der Waals surface area contributed by atoms with E-state index in [4.69, 9.17) is 0 Å². The number of hydrogen-bond donors (Lipinski definition) is 2. The van der Waals surface area contributed by atoms with Gasteiger partial charge in [0.15, 0.2) is 0 Å². The molecule has 2 aliphatic rings. The number of halogens is 1. The maximum absolute atomic E-state index is 15.4. The van der Waals surface area contributed by atoms with E-state index in [1.54, 1.807) is 6.07 Å². The lowest BCUT2D eigenvalue weighted by atomic mass is 9.92. The Morgan fingerprint density at radius 1 is 1.06 bits per heavy atom. The maximum Gasteiger partial charge on any atom is 0.147 e. The van der Waals surface area contributed by atoms with Gasteiger partial charge < -0.3 is 20.2 Å². The van der Waals surface area contributed by atoms with Gasteiger partial charge in [-0.2, -0.15) is 0 Å². The van der Waals surface area contributed by atoms with Gasteiger partial charge in [-0.15, -0.1) is 0 Å². The molecular formula is C31H32FN3O. The summed E-state index contributed by atoms with van der Waals surface area (Å²) < 4.78 is 15.4. The third-order valence-corrected chi connectivity index (χ3v) is 7.15. The fourth-order valence-corrected chi connectivity index (χ4v) is 5.24. The summed E-state index contributed by atoms with van der Waals surface area (Å²) >= 11 is 0. The van der Waals surface area contributed by atoms with Gasteiger partial charge in [0.25, 0.3) is 0 Å². The van der Waals surface area contributed by atoms with Gasteiger partial charge >= 0.3 is 0 Å². The van der Waals surface area contributed by atoms with E-state index in [0.717, 1.165) is 42.9 Å². The zero-order valence-electron chi connectivity index (χ0n) is 20.7. The van der Waals surface area contributed by atoms with Gasteiger partial charge in [-0.25, -0.2) is 4.39 Å². The first-order valence-corrected chi connectivity index (χ1v) is 12.4. The van der Waals surface area contributed by atoms with E-state index < -0.39 is 0 Å². The largest absolute Gasteiger partial charge is 0.508 e. The molecule has 0 saturated carbocycles. The Morgan fingerprint density at radius 2 is 1.78 bits per heavy atom. The van der Waals surface area contributed by atoms with Gasteiger partial charge in [0.05, 0.1) is 11.4 Å². The molecule has 3 aromatic rings. The van der Waals surface area contributed by atoms with Crippen molar-refractivity contribution in [3.63, 3.8) is 0 Å². The van der Waals surface area contributed by atoms with Crippen LogP contribution in [0.2, 0.25) is 0 Å². The molecule has 0 spiro atoms. The molecule has 0 aliphatic carbocycles. The number of fused-ring (bicyclic) bond motifs is 1. The molecule has 5 rings (SSSR count). The number of aliphatic hydroxyl groups is 1. The lowest BCUT2D eigenvalue weighted by Gasteiger charge is -2.32. The number of benzene rings is 3. The number of allylic oxidation sites excluding steroid dienone is 1. The third-order valence-electron chi connectivity index (χ3n) is 7.15. The molecule has 0 bridgehead atoms. The Balaban J connectivity index is 1.48. The Bertz CT molecular complexity index is 1310. The SMILES string of the molecule is C=C(O)C1=CN(Cc2ccc(-c3ccccc3)cc2)c2cc(N3CC[C@@H](CNC)C3)c(F)cc2C1=C. The van der Waals surface area contributed by atoms with Crippen molar-refractivity contribution in [1.82, 2.24) is 5.32 Å². The van der Waals surface area contributed by atoms with E-state index in [1.165, 1.54) is 5.56 Å². The molecule has 0 aromatic heterocycles. The fourth-order valence-electron chi connectivity index (χ4n) is 5.24. The van der Waals surface area contributed by atoms with Gasteiger partial charge in [0, 0.05) is 37.0 Å². The van der Waals surface area contributed by atoms with Crippen LogP contribution in [-0.2, 0) is 6.54 Å². The van der Waals surface area contributed by atoms with Crippen molar-refractivity contribution >= 4 is 16.9 Å². The smallest absolute Gasteiger partial charge is 0.147 e. The highest BCUT2D eigenvalue weighted by Gasteiger charge is 2.29. The second-order valence-corrected chi connectivity index (χ2v) is 9.64. The molecule has 5 heteroatoms. The summed E-state index contributed by atoms with van der Waals surface area (Å²) in [5.41, 5.74) is 6.70. The topological polar surface area (TPSA) is 38.7 Å². The minimum absolute atomic E-state index is 0.0750. The van der Waals surface area contributed by atoms with Crippen LogP contribution in [-0.4, -0.2) is 31.8 Å². The second-order valence-electron chi connectivity index (χ2n) is 9.64. The number of nitrogens with zero attached hydrogens (tertiary/aromatic N) is 2. The molecule has 0 amide bonds. The van der Waals surface area contributed by atoms with Crippen LogP contribution in [0.3, 0.4) is 0 Å². The molecule has 0 unspecified atom stereocenters. The van der Waals surface area contributed by atoms with Crippen LogP contribution < -0.4 is 15.1 Å². The predicted molar refractivity (Wildman–Crippen MR) is 148 cm³/mol. The average Bonchev–Trinajstić information content (AvgIpc) is 3.35. The molecule has 3 aromatic carbocycles. The minimum Gasteiger partial charge on any atom is -0.508 e. The average molecular weight is 482 g/mol. The van der Waals surface area contributed by atoms with E-state index >= 15 is 4.39 Å². The number of rotatable bonds is 7. The standard InChI is InChI=1S/C31H32FN3O/c1-21-27-15-29(32)31(34-14-13-24(19-34)17-33-3)16-30(27)35(20-28(21)22(2)36)18-23-9-11-26(12-10-23)25-7-5-4-6-8-25/h4-12,15-16,20,24,33,36H,1-2,13-14,17-19H2,3H3/t24-/m0/s1. The lowest BCUT2D eigenvalue weighted by molar-refractivity contribution is 0.429. The van der Waals surface area contributed by atoms with Crippen molar-refractivity contribution in [2.45, 2.75) is 13.0 Å². The van der Waals surface area contributed by atoms with Crippen LogP contribution in [0.5, 0.6) is 0 Å². The number of hydrogen-bond acceptors (Lipinski definition) is 4. The van der Waals surface area contributed by atoms with Crippen molar-refractivity contribution in [3.05, 3.63) is 114 Å². The first-order valence-electron chi connectivity index (χ1n) is 12.4. The van der Waals surface area contributed by atoms with E-state index in [2.05, 4.69) is 64.7 Å². The molecule has 36 heavy (non-hydrogen) atoms. The van der Waals surface area contributed by atoms with Gasteiger partial charge in [-0.05, 0) is 60.3 Å². The summed E-state index contributed by atoms with van der Waals surface area (Å²) in [6, 6.07) is 22.2. The summed E-state index contributed by atoms with van der Waals surface area (Å²) in [5.74, 6) is 0.162. The first-order chi connectivity index (χ1) is 17.4. The molecule has 184 valence electrons. The van der Waals surface area contributed by atoms with Crippen molar-refractivity contribution < 1.29 is 9.50 Å². The summed E-state index contributed by atoms with van der Waals surface area (Å²) in [6.45, 7) is 11.0. The predicted octanol–water partition coefficient (Wildman–Crippen LogP) is 6.53. The maximum atomic E-state index is 15.4. The van der Waals surface area contributed by atoms with Crippen molar-refractivity contribution in [3.8, 4) is 11.1 Å². The normalized spacial score (nSPS) is 17.2. The van der Waals surface area contributed by atoms with Gasteiger partial charge in [-0.1, -0.05) is 67.8 Å². The van der Waals surface area contributed by atoms with E-state index in [1.807, 2.05) is 37.5 Å². The minimum atomic E-state index is -0.267. The molecule has 2 heterocycles. The fraction of sp³-hybridized carbons (Fsp3) is 0.226. The van der Waals surface area contributed by atoms with E-state index in [9.17, 15) is 5.11 Å². The van der Waals surface area contributed by atoms with Gasteiger partial charge in [-0.3, -0.25) is 0 Å². The molecule has 1 saturated heterocycles. The molecule has 2 N–H and O–H groups in total. The van der Waals surface area contributed by atoms with Gasteiger partial charge in [0.2, 0.25) is 0 Å². The molecule has 0 radical (unpaired) electrons. The van der Waals surface area contributed by atoms with Crippen molar-refractivity contribution in [2.24, 2.45) is 5.92 Å². The Hall–Kier alpha value is -3.83. The second kappa shape index (κ2) is 10.0. The number of aliphatic hydroxyl groups excluding tert-OH is 1. The lowest BCUT2D eigenvalue weighted by Crippen LogP contribution is -2.26. The molecular weight excluding hydrogens is 449 g/mol. The summed E-state index contributed by atoms with van der Waals surface area (Å²) in [7, 11) is 1.96. The van der Waals surface area contributed by atoms with Gasteiger partial charge in [0.1, 0.15) is 11.6 Å². The van der Waals surface area contributed by atoms with Crippen LogP contribution in [0.1, 0.15) is 17.5 Å². The number of anilines is 2. The zero-order valence-corrected chi connectivity index (χ0v) is 20.7. The van der Waals surface area contributed by atoms with Crippen LogP contribution in [0.4, 0.5) is 15.8 Å². The molecule has 1 atom stereocenters. The number of nitrogens with one attached hydrogen (secondary N) is 1.